The van der Waals surface area contributed by atoms with E-state index in [1.54, 1.807) is 36.9 Å². The van der Waals surface area contributed by atoms with Crippen molar-refractivity contribution in [1.29, 1.82) is 0 Å². The highest BCUT2D eigenvalue weighted by molar-refractivity contribution is 6.31. The van der Waals surface area contributed by atoms with Crippen molar-refractivity contribution in [2.75, 3.05) is 10.6 Å². The molecule has 0 aliphatic heterocycles. The van der Waals surface area contributed by atoms with Gasteiger partial charge in [-0.15, -0.1) is 0 Å². The van der Waals surface area contributed by atoms with E-state index < -0.39 is 17.5 Å². The first-order valence-corrected chi connectivity index (χ1v) is 9.23. The lowest BCUT2D eigenvalue weighted by molar-refractivity contribution is 0.509. The van der Waals surface area contributed by atoms with Gasteiger partial charge in [0.25, 0.3) is 0 Å². The summed E-state index contributed by atoms with van der Waals surface area (Å²) in [4.78, 5) is 13.9. The average molecular weight is 435 g/mol. The molecular weight excluding hydrogens is 417 g/mol. The van der Waals surface area contributed by atoms with Crippen molar-refractivity contribution < 1.29 is 13.2 Å². The molecule has 4 aromatic rings. The minimum absolute atomic E-state index is 0.111. The van der Waals surface area contributed by atoms with Crippen LogP contribution in [0.25, 0.3) is 0 Å². The topological polar surface area (TPSA) is 81.4 Å². The normalized spacial score (nSPS) is 10.3. The van der Waals surface area contributed by atoms with Crippen LogP contribution in [-0.2, 0) is 13.1 Å². The molecule has 4 rings (SSSR count). The second-order valence-corrected chi connectivity index (χ2v) is 6.44. The molecule has 156 valence electrons. The van der Waals surface area contributed by atoms with Crippen LogP contribution in [0.15, 0.2) is 61.2 Å². The number of anilines is 2. The van der Waals surface area contributed by atoms with Crippen LogP contribution in [0.1, 0.15) is 11.6 Å². The Hall–Kier alpha value is -3.46. The lowest BCUT2D eigenvalue weighted by Crippen LogP contribution is -2.01. The Labute approximate surface area is 175 Å². The van der Waals surface area contributed by atoms with Gasteiger partial charge in [-0.2, -0.15) is 0 Å². The second-order valence-electron chi connectivity index (χ2n) is 6.04. The minimum Gasteiger partial charge on any atom is -0.378 e. The highest BCUT2D eigenvalue weighted by atomic mass is 35.5. The molecule has 10 heteroatoms. The Morgan fingerprint density at radius 1 is 0.733 bits per heavy atom. The summed E-state index contributed by atoms with van der Waals surface area (Å²) >= 11 is 5.64. The van der Waals surface area contributed by atoms with Crippen molar-refractivity contribution >= 4 is 23.0 Å². The Morgan fingerprint density at radius 2 is 1.27 bits per heavy atom. The van der Waals surface area contributed by atoms with Crippen LogP contribution in [0.4, 0.5) is 24.5 Å². The highest BCUT2D eigenvalue weighted by Crippen LogP contribution is 2.19. The summed E-state index contributed by atoms with van der Waals surface area (Å²) in [6.45, 7) is 0.993. The van der Waals surface area contributed by atoms with Crippen LogP contribution in [0.5, 0.6) is 0 Å². The van der Waals surface area contributed by atoms with Crippen LogP contribution in [0, 0.1) is 17.5 Å². The van der Waals surface area contributed by atoms with Crippen LogP contribution in [0.2, 0.25) is 5.02 Å². The predicted molar refractivity (Wildman–Crippen MR) is 110 cm³/mol. The number of nitrogens with one attached hydrogen (secondary N) is 4. The molecule has 0 aliphatic carbocycles. The van der Waals surface area contributed by atoms with Gasteiger partial charge in [-0.1, -0.05) is 11.6 Å². The number of hydrogen-bond acceptors (Lipinski definition) is 4. The number of aromatic amines is 2. The summed E-state index contributed by atoms with van der Waals surface area (Å²) in [7, 11) is 0. The van der Waals surface area contributed by atoms with Gasteiger partial charge in [0.1, 0.15) is 17.5 Å². The number of halogens is 4. The molecule has 6 nitrogen and oxygen atoms in total. The fourth-order valence-corrected chi connectivity index (χ4v) is 2.55. The van der Waals surface area contributed by atoms with Gasteiger partial charge in [-0.25, -0.2) is 23.1 Å². The molecule has 2 aromatic carbocycles. The quantitative estimate of drug-likeness (QED) is 0.340. The van der Waals surface area contributed by atoms with Gasteiger partial charge in [0.05, 0.1) is 18.1 Å². The molecule has 30 heavy (non-hydrogen) atoms. The molecule has 0 saturated carbocycles. The Kier molecular flexibility index (Phi) is 7.34. The highest BCUT2D eigenvalue weighted by Gasteiger charge is 2.03. The number of nitrogens with zero attached hydrogens (tertiary/aromatic N) is 2. The molecule has 0 amide bonds. The molecule has 0 saturated heterocycles. The summed E-state index contributed by atoms with van der Waals surface area (Å²) in [5, 5.41) is 6.10. The van der Waals surface area contributed by atoms with E-state index in [1.165, 1.54) is 12.1 Å². The maximum atomic E-state index is 12.8. The molecule has 0 atom stereocenters. The molecule has 0 fully saturated rings. The molecule has 0 spiro atoms. The van der Waals surface area contributed by atoms with Gasteiger partial charge >= 0.3 is 0 Å². The van der Waals surface area contributed by atoms with Gasteiger partial charge in [0, 0.05) is 42.2 Å². The first-order valence-electron chi connectivity index (χ1n) is 8.85. The summed E-state index contributed by atoms with van der Waals surface area (Å²) in [6.07, 6.45) is 6.74. The van der Waals surface area contributed by atoms with Crippen molar-refractivity contribution in [3.8, 4) is 0 Å². The van der Waals surface area contributed by atoms with Crippen LogP contribution >= 0.6 is 11.6 Å². The fourth-order valence-electron chi connectivity index (χ4n) is 2.37. The van der Waals surface area contributed by atoms with E-state index >= 15 is 0 Å². The van der Waals surface area contributed by atoms with Gasteiger partial charge in [0.2, 0.25) is 0 Å². The Bertz CT molecular complexity index is 969. The summed E-state index contributed by atoms with van der Waals surface area (Å²) in [6, 6.07) is 8.16. The van der Waals surface area contributed by atoms with E-state index in [0.29, 0.717) is 18.8 Å². The van der Waals surface area contributed by atoms with Gasteiger partial charge in [-0.05, 0) is 30.3 Å². The van der Waals surface area contributed by atoms with Crippen molar-refractivity contribution in [3.05, 3.63) is 95.3 Å². The SMILES string of the molecule is Fc1ccc(NCc2ncc[nH]2)cc1Cl.Fc1ccc(NCc2ncc[nH]2)cc1F. The van der Waals surface area contributed by atoms with Crippen molar-refractivity contribution in [2.45, 2.75) is 13.1 Å². The smallest absolute Gasteiger partial charge is 0.160 e. The Balaban J connectivity index is 0.000000171. The van der Waals surface area contributed by atoms with E-state index in [4.69, 9.17) is 11.6 Å². The minimum atomic E-state index is -0.862. The number of rotatable bonds is 6. The maximum Gasteiger partial charge on any atom is 0.160 e. The lowest BCUT2D eigenvalue weighted by Gasteiger charge is -2.04. The first-order chi connectivity index (χ1) is 14.5. The maximum absolute atomic E-state index is 12.8. The third-order valence-electron chi connectivity index (χ3n) is 3.87. The second kappa shape index (κ2) is 10.4. The van der Waals surface area contributed by atoms with E-state index in [1.807, 2.05) is 0 Å². The first kappa shape index (κ1) is 21.3. The van der Waals surface area contributed by atoms with Gasteiger partial charge in [0.15, 0.2) is 11.6 Å². The van der Waals surface area contributed by atoms with Crippen molar-refractivity contribution in [1.82, 2.24) is 19.9 Å². The third-order valence-corrected chi connectivity index (χ3v) is 4.16. The standard InChI is InChI=1S/C10H9ClFN3.C10H9F2N3/c11-8-5-7(1-2-9(8)12)15-6-10-13-3-4-14-10;11-8-2-1-7(5-9(8)12)15-6-10-13-3-4-14-10/h2*1-5,15H,6H2,(H,13,14). The monoisotopic (exact) mass is 434 g/mol. The molecular formula is C20H18ClF3N6. The zero-order valence-electron chi connectivity index (χ0n) is 15.6. The number of benzene rings is 2. The summed E-state index contributed by atoms with van der Waals surface area (Å²) in [5.41, 5.74) is 1.28. The Morgan fingerprint density at radius 3 is 1.73 bits per heavy atom. The molecule has 4 N–H and O–H groups in total. The molecule has 0 aliphatic rings. The zero-order chi connectivity index (χ0) is 21.3. The fraction of sp³-hybridized carbons (Fsp3) is 0.100. The molecule has 2 aromatic heterocycles. The predicted octanol–water partition coefficient (Wildman–Crippen LogP) is 5.11. The average Bonchev–Trinajstić information content (AvgIpc) is 3.44. The number of imidazole rings is 2. The van der Waals surface area contributed by atoms with Crippen molar-refractivity contribution in [3.63, 3.8) is 0 Å². The van der Waals surface area contributed by atoms with Crippen molar-refractivity contribution in [2.24, 2.45) is 0 Å². The van der Waals surface area contributed by atoms with Gasteiger partial charge < -0.3 is 20.6 Å². The number of hydrogen-bond donors (Lipinski definition) is 4. The van der Waals surface area contributed by atoms with E-state index in [0.717, 1.165) is 29.5 Å². The van der Waals surface area contributed by atoms with Crippen LogP contribution in [-0.4, -0.2) is 19.9 Å². The molecule has 0 bridgehead atoms. The molecule has 0 radical (unpaired) electrons. The van der Waals surface area contributed by atoms with Gasteiger partial charge in [-0.3, -0.25) is 0 Å². The largest absolute Gasteiger partial charge is 0.378 e. The zero-order valence-corrected chi connectivity index (χ0v) is 16.3. The van der Waals surface area contributed by atoms with E-state index in [2.05, 4.69) is 30.6 Å². The van der Waals surface area contributed by atoms with E-state index in [-0.39, 0.29) is 5.02 Å². The molecule has 2 heterocycles. The van der Waals surface area contributed by atoms with Crippen LogP contribution in [0.3, 0.4) is 0 Å². The lowest BCUT2D eigenvalue weighted by atomic mass is 10.3. The number of H-pyrrole nitrogens is 2. The summed E-state index contributed by atoms with van der Waals surface area (Å²) in [5.74, 6) is -0.576. The molecule has 0 unspecified atom stereocenters. The third kappa shape index (κ3) is 6.28. The van der Waals surface area contributed by atoms with Crippen LogP contribution < -0.4 is 10.6 Å². The summed E-state index contributed by atoms with van der Waals surface area (Å²) < 4.78 is 38.2. The number of aromatic nitrogens is 4. The van der Waals surface area contributed by atoms with E-state index in [9.17, 15) is 13.2 Å².